The number of carbonyl (C=O) groups is 1. The number of carbonyl (C=O) groups excluding carboxylic acids is 1. The summed E-state index contributed by atoms with van der Waals surface area (Å²) in [6.45, 7) is 0. The topological polar surface area (TPSA) is 78.9 Å². The van der Waals surface area contributed by atoms with E-state index in [1.807, 2.05) is 6.07 Å². The zero-order valence-corrected chi connectivity index (χ0v) is 11.9. The molecule has 0 atom stereocenters. The van der Waals surface area contributed by atoms with Crippen LogP contribution in [0.15, 0.2) is 45.8 Å². The van der Waals surface area contributed by atoms with Crippen LogP contribution >= 0.6 is 11.3 Å². The molecular weight excluding hydrogens is 305 g/mol. The second-order valence-corrected chi connectivity index (χ2v) is 5.19. The fourth-order valence-corrected chi connectivity index (χ4v) is 2.37. The van der Waals surface area contributed by atoms with E-state index in [4.69, 9.17) is 9.68 Å². The number of furan rings is 1. The molecule has 3 rings (SSSR count). The van der Waals surface area contributed by atoms with Crippen LogP contribution in [-0.2, 0) is 4.79 Å². The second kappa shape index (κ2) is 5.79. The summed E-state index contributed by atoms with van der Waals surface area (Å²) in [5.74, 6) is -0.665. The van der Waals surface area contributed by atoms with E-state index in [0.717, 1.165) is 0 Å². The van der Waals surface area contributed by atoms with Gasteiger partial charge in [-0.1, -0.05) is 0 Å². The van der Waals surface area contributed by atoms with Crippen LogP contribution in [0.1, 0.15) is 5.76 Å². The summed E-state index contributed by atoms with van der Waals surface area (Å²) < 4.78 is 18.6. The van der Waals surface area contributed by atoms with Gasteiger partial charge in [0.05, 0.1) is 0 Å². The third kappa shape index (κ3) is 2.87. The summed E-state index contributed by atoms with van der Waals surface area (Å²) in [6, 6.07) is 7.46. The van der Waals surface area contributed by atoms with Gasteiger partial charge in [0.1, 0.15) is 28.8 Å². The summed E-state index contributed by atoms with van der Waals surface area (Å²) in [4.78, 5) is 15.9. The number of fused-ring (bicyclic) bond motifs is 1. The van der Waals surface area contributed by atoms with Crippen molar-refractivity contribution in [3.8, 4) is 6.07 Å². The number of benzene rings is 1. The highest BCUT2D eigenvalue weighted by atomic mass is 32.1. The van der Waals surface area contributed by atoms with E-state index in [1.165, 1.54) is 35.6 Å². The molecule has 0 unspecified atom stereocenters. The maximum Gasteiger partial charge on any atom is 0.268 e. The average molecular weight is 313 g/mol. The van der Waals surface area contributed by atoms with Crippen LogP contribution in [0.2, 0.25) is 0 Å². The van der Waals surface area contributed by atoms with Gasteiger partial charge in [-0.2, -0.15) is 5.26 Å². The lowest BCUT2D eigenvalue weighted by atomic mass is 10.2. The van der Waals surface area contributed by atoms with Gasteiger partial charge in [-0.25, -0.2) is 9.37 Å². The number of halogens is 1. The predicted molar refractivity (Wildman–Crippen MR) is 80.5 cm³/mol. The van der Waals surface area contributed by atoms with Gasteiger partial charge in [0.15, 0.2) is 5.13 Å². The Labute approximate surface area is 128 Å². The number of hydrogen-bond acceptors (Lipinski definition) is 5. The van der Waals surface area contributed by atoms with Gasteiger partial charge < -0.3 is 4.42 Å². The van der Waals surface area contributed by atoms with Crippen LogP contribution in [0.4, 0.5) is 9.52 Å². The number of anilines is 1. The standard InChI is InChI=1S/C15H8FN3O2S/c16-11-1-2-13-9(5-11)6-12(21-13)7-10(8-17)14(20)19-15-18-3-4-22-15/h1-7H,(H,18,19,20)/b10-7+. The highest BCUT2D eigenvalue weighted by molar-refractivity contribution is 7.13. The minimum Gasteiger partial charge on any atom is -0.457 e. The molecule has 0 aliphatic carbocycles. The van der Waals surface area contributed by atoms with Crippen LogP contribution in [0, 0.1) is 17.1 Å². The Kier molecular flexibility index (Phi) is 3.68. The van der Waals surface area contributed by atoms with Crippen LogP contribution in [0.25, 0.3) is 17.0 Å². The summed E-state index contributed by atoms with van der Waals surface area (Å²) in [7, 11) is 0. The third-order valence-corrected chi connectivity index (χ3v) is 3.49. The van der Waals surface area contributed by atoms with E-state index in [0.29, 0.717) is 21.9 Å². The first-order valence-electron chi connectivity index (χ1n) is 6.17. The van der Waals surface area contributed by atoms with E-state index >= 15 is 0 Å². The summed E-state index contributed by atoms with van der Waals surface area (Å²) in [6.07, 6.45) is 2.85. The van der Waals surface area contributed by atoms with E-state index in [9.17, 15) is 9.18 Å². The highest BCUT2D eigenvalue weighted by Gasteiger charge is 2.12. The molecule has 0 radical (unpaired) electrons. The maximum absolute atomic E-state index is 13.1. The van der Waals surface area contributed by atoms with Crippen molar-refractivity contribution < 1.29 is 13.6 Å². The minimum atomic E-state index is -0.580. The van der Waals surface area contributed by atoms with Crippen molar-refractivity contribution in [1.29, 1.82) is 5.26 Å². The summed E-state index contributed by atoms with van der Waals surface area (Å²) in [5.41, 5.74) is 0.347. The molecule has 108 valence electrons. The normalized spacial score (nSPS) is 11.4. The number of nitrogens with one attached hydrogen (secondary N) is 1. The number of rotatable bonds is 3. The zero-order chi connectivity index (χ0) is 15.5. The third-order valence-electron chi connectivity index (χ3n) is 2.80. The van der Waals surface area contributed by atoms with Crippen molar-refractivity contribution in [1.82, 2.24) is 4.98 Å². The molecule has 2 aromatic heterocycles. The van der Waals surface area contributed by atoms with Crippen LogP contribution < -0.4 is 5.32 Å². The van der Waals surface area contributed by atoms with E-state index < -0.39 is 5.91 Å². The second-order valence-electron chi connectivity index (χ2n) is 4.29. The number of nitrogens with zero attached hydrogens (tertiary/aromatic N) is 2. The number of thiazole rings is 1. The van der Waals surface area contributed by atoms with Crippen LogP contribution in [-0.4, -0.2) is 10.9 Å². The van der Waals surface area contributed by atoms with Gasteiger partial charge in [-0.15, -0.1) is 11.3 Å². The predicted octanol–water partition coefficient (Wildman–Crippen LogP) is 3.57. The molecule has 3 aromatic rings. The molecule has 0 saturated heterocycles. The Morgan fingerprint density at radius 2 is 2.32 bits per heavy atom. The Morgan fingerprint density at radius 1 is 1.45 bits per heavy atom. The molecule has 0 saturated carbocycles. The molecule has 1 N–H and O–H groups in total. The van der Waals surface area contributed by atoms with Crippen molar-refractivity contribution in [2.24, 2.45) is 0 Å². The quantitative estimate of drug-likeness (QED) is 0.592. The molecule has 1 amide bonds. The lowest BCUT2D eigenvalue weighted by Gasteiger charge is -1.98. The van der Waals surface area contributed by atoms with Crippen molar-refractivity contribution in [3.05, 3.63) is 53.0 Å². The Hall–Kier alpha value is -2.98. The molecular formula is C15H8FN3O2S. The number of aromatic nitrogens is 1. The average Bonchev–Trinajstić information content (AvgIpc) is 3.13. The summed E-state index contributed by atoms with van der Waals surface area (Å²) >= 11 is 1.25. The molecule has 0 spiro atoms. The fourth-order valence-electron chi connectivity index (χ4n) is 1.85. The SMILES string of the molecule is N#C/C(=C\c1cc2cc(F)ccc2o1)C(=O)Nc1nccs1. The van der Waals surface area contributed by atoms with E-state index in [2.05, 4.69) is 10.3 Å². The number of nitriles is 1. The van der Waals surface area contributed by atoms with Crippen molar-refractivity contribution >= 4 is 39.4 Å². The Morgan fingerprint density at radius 3 is 3.05 bits per heavy atom. The summed E-state index contributed by atoms with van der Waals surface area (Å²) in [5, 5.41) is 14.3. The molecule has 0 aliphatic rings. The lowest BCUT2D eigenvalue weighted by Crippen LogP contribution is -2.13. The highest BCUT2D eigenvalue weighted by Crippen LogP contribution is 2.22. The van der Waals surface area contributed by atoms with Crippen molar-refractivity contribution in [3.63, 3.8) is 0 Å². The van der Waals surface area contributed by atoms with Crippen molar-refractivity contribution in [2.75, 3.05) is 5.32 Å². The van der Waals surface area contributed by atoms with Gasteiger partial charge in [0.2, 0.25) is 0 Å². The van der Waals surface area contributed by atoms with Gasteiger partial charge >= 0.3 is 0 Å². The van der Waals surface area contributed by atoms with Crippen molar-refractivity contribution in [2.45, 2.75) is 0 Å². The van der Waals surface area contributed by atoms with Gasteiger partial charge in [0, 0.05) is 23.0 Å². The van der Waals surface area contributed by atoms with Gasteiger partial charge in [0.25, 0.3) is 5.91 Å². The van der Waals surface area contributed by atoms with Gasteiger partial charge in [-0.05, 0) is 24.3 Å². The van der Waals surface area contributed by atoms with Gasteiger partial charge in [-0.3, -0.25) is 10.1 Å². The number of amides is 1. The van der Waals surface area contributed by atoms with Crippen LogP contribution in [0.3, 0.4) is 0 Å². The number of hydrogen-bond donors (Lipinski definition) is 1. The molecule has 0 fully saturated rings. The molecule has 1 aromatic carbocycles. The molecule has 22 heavy (non-hydrogen) atoms. The molecule has 2 heterocycles. The molecule has 0 aliphatic heterocycles. The lowest BCUT2D eigenvalue weighted by molar-refractivity contribution is -0.112. The fraction of sp³-hybridized carbons (Fsp3) is 0. The monoisotopic (exact) mass is 313 g/mol. The first-order valence-corrected chi connectivity index (χ1v) is 7.05. The molecule has 7 heteroatoms. The molecule has 5 nitrogen and oxygen atoms in total. The minimum absolute atomic E-state index is 0.130. The van der Waals surface area contributed by atoms with E-state index in [1.54, 1.807) is 17.6 Å². The zero-order valence-electron chi connectivity index (χ0n) is 11.0. The smallest absolute Gasteiger partial charge is 0.268 e. The van der Waals surface area contributed by atoms with Crippen LogP contribution in [0.5, 0.6) is 0 Å². The van der Waals surface area contributed by atoms with E-state index in [-0.39, 0.29) is 11.4 Å². The maximum atomic E-state index is 13.1. The Balaban J connectivity index is 1.89. The largest absolute Gasteiger partial charge is 0.457 e. The molecule has 0 bridgehead atoms. The Bertz CT molecular complexity index is 907. The first-order chi connectivity index (χ1) is 10.7. The first kappa shape index (κ1) is 14.0.